The summed E-state index contributed by atoms with van der Waals surface area (Å²) in [7, 11) is 1.19. The Morgan fingerprint density at radius 2 is 1.86 bits per heavy atom. The number of amides is 1. The second-order valence-electron chi connectivity index (χ2n) is 7.12. The third-order valence-electron chi connectivity index (χ3n) is 4.93. The number of aryl methyl sites for hydroxylation is 1. The van der Waals surface area contributed by atoms with Crippen LogP contribution in [0.15, 0.2) is 36.4 Å². The lowest BCUT2D eigenvalue weighted by molar-refractivity contribution is -0.384. The predicted octanol–water partition coefficient (Wildman–Crippen LogP) is 4.10. The van der Waals surface area contributed by atoms with Gasteiger partial charge in [0, 0.05) is 29.9 Å². The molecular formula is C21H22N2O5. The van der Waals surface area contributed by atoms with Crippen molar-refractivity contribution in [3.63, 3.8) is 0 Å². The van der Waals surface area contributed by atoms with E-state index in [9.17, 15) is 19.7 Å². The number of rotatable bonds is 4. The van der Waals surface area contributed by atoms with Crippen molar-refractivity contribution in [3.05, 3.63) is 68.8 Å². The van der Waals surface area contributed by atoms with Gasteiger partial charge in [0.15, 0.2) is 0 Å². The fraction of sp³-hybridized carbons (Fsp3) is 0.333. The van der Waals surface area contributed by atoms with Crippen molar-refractivity contribution in [1.29, 1.82) is 0 Å². The van der Waals surface area contributed by atoms with Gasteiger partial charge in [-0.15, -0.1) is 0 Å². The summed E-state index contributed by atoms with van der Waals surface area (Å²) >= 11 is 0. The minimum Gasteiger partial charge on any atom is -0.465 e. The molecule has 7 nitrogen and oxygen atoms in total. The van der Waals surface area contributed by atoms with Crippen LogP contribution in [0.5, 0.6) is 0 Å². The van der Waals surface area contributed by atoms with E-state index in [-0.39, 0.29) is 22.7 Å². The van der Waals surface area contributed by atoms with Crippen molar-refractivity contribution in [2.24, 2.45) is 0 Å². The average molecular weight is 382 g/mol. The summed E-state index contributed by atoms with van der Waals surface area (Å²) in [5.41, 5.74) is 2.86. The molecule has 0 radical (unpaired) electrons. The lowest BCUT2D eigenvalue weighted by Gasteiger charge is -2.30. The van der Waals surface area contributed by atoms with E-state index in [1.54, 1.807) is 4.90 Å². The number of benzene rings is 2. The Labute approximate surface area is 163 Å². The molecule has 0 N–H and O–H groups in total. The Morgan fingerprint density at radius 1 is 1.14 bits per heavy atom. The van der Waals surface area contributed by atoms with Crippen molar-refractivity contribution in [1.82, 2.24) is 0 Å². The van der Waals surface area contributed by atoms with E-state index in [2.05, 4.69) is 24.7 Å². The number of carbonyl (C=O) groups excluding carboxylic acids is 2. The summed E-state index contributed by atoms with van der Waals surface area (Å²) in [6, 6.07) is 9.71. The third-order valence-corrected chi connectivity index (χ3v) is 4.93. The molecule has 1 heterocycles. The summed E-state index contributed by atoms with van der Waals surface area (Å²) in [4.78, 5) is 37.3. The number of fused-ring (bicyclic) bond motifs is 1. The second kappa shape index (κ2) is 7.80. The summed E-state index contributed by atoms with van der Waals surface area (Å²) in [6.45, 7) is 4.75. The number of nitrogens with zero attached hydrogens (tertiary/aromatic N) is 2. The zero-order valence-corrected chi connectivity index (χ0v) is 16.1. The quantitative estimate of drug-likeness (QED) is 0.451. The van der Waals surface area contributed by atoms with Crippen molar-refractivity contribution >= 4 is 23.3 Å². The van der Waals surface area contributed by atoms with Crippen molar-refractivity contribution < 1.29 is 19.2 Å². The maximum absolute atomic E-state index is 13.2. The first kappa shape index (κ1) is 19.5. The van der Waals surface area contributed by atoms with E-state index in [1.807, 2.05) is 12.1 Å². The van der Waals surface area contributed by atoms with Crippen molar-refractivity contribution in [2.45, 2.75) is 32.6 Å². The normalized spacial score (nSPS) is 13.2. The Kier molecular flexibility index (Phi) is 5.44. The number of nitro groups is 1. The number of hydrogen-bond acceptors (Lipinski definition) is 5. The minimum absolute atomic E-state index is 0.0209. The highest BCUT2D eigenvalue weighted by molar-refractivity contribution is 6.08. The van der Waals surface area contributed by atoms with Gasteiger partial charge >= 0.3 is 5.97 Å². The molecule has 1 amide bonds. The predicted molar refractivity (Wildman–Crippen MR) is 105 cm³/mol. The van der Waals surface area contributed by atoms with Gasteiger partial charge in [-0.1, -0.05) is 26.0 Å². The molecule has 7 heteroatoms. The van der Waals surface area contributed by atoms with E-state index in [0.717, 1.165) is 30.2 Å². The van der Waals surface area contributed by atoms with Crippen LogP contribution < -0.4 is 4.90 Å². The van der Waals surface area contributed by atoms with Crippen molar-refractivity contribution in [2.75, 3.05) is 18.6 Å². The van der Waals surface area contributed by atoms with Gasteiger partial charge in [0.05, 0.1) is 17.6 Å². The number of methoxy groups -OCH3 is 1. The molecule has 1 aliphatic heterocycles. The fourth-order valence-electron chi connectivity index (χ4n) is 3.42. The number of ether oxygens (including phenoxy) is 1. The van der Waals surface area contributed by atoms with Crippen LogP contribution in [0, 0.1) is 10.1 Å². The number of non-ortho nitro benzene ring substituents is 1. The van der Waals surface area contributed by atoms with Gasteiger partial charge in [0.1, 0.15) is 0 Å². The van der Waals surface area contributed by atoms with Crippen molar-refractivity contribution in [3.8, 4) is 0 Å². The van der Waals surface area contributed by atoms with E-state index >= 15 is 0 Å². The molecule has 0 saturated carbocycles. The van der Waals surface area contributed by atoms with Gasteiger partial charge in [0.25, 0.3) is 11.6 Å². The van der Waals surface area contributed by atoms with Gasteiger partial charge in [-0.05, 0) is 42.0 Å². The number of esters is 1. The van der Waals surface area contributed by atoms with Crippen LogP contribution in [-0.4, -0.2) is 30.5 Å². The maximum atomic E-state index is 13.2. The summed E-state index contributed by atoms with van der Waals surface area (Å²) < 4.78 is 4.66. The van der Waals surface area contributed by atoms with Gasteiger partial charge in [0.2, 0.25) is 0 Å². The molecule has 2 aromatic carbocycles. The van der Waals surface area contributed by atoms with Gasteiger partial charge in [-0.25, -0.2) is 4.79 Å². The smallest absolute Gasteiger partial charge is 0.338 e. The fourth-order valence-corrected chi connectivity index (χ4v) is 3.42. The molecule has 0 saturated heterocycles. The Balaban J connectivity index is 2.02. The minimum atomic E-state index is -0.724. The highest BCUT2D eigenvalue weighted by Crippen LogP contribution is 2.32. The van der Waals surface area contributed by atoms with Crippen LogP contribution in [-0.2, 0) is 11.2 Å². The monoisotopic (exact) mass is 382 g/mol. The summed E-state index contributed by atoms with van der Waals surface area (Å²) in [5.74, 6) is -0.707. The Morgan fingerprint density at radius 3 is 2.50 bits per heavy atom. The van der Waals surface area contributed by atoms with Gasteiger partial charge in [-0.2, -0.15) is 0 Å². The molecule has 0 bridgehead atoms. The van der Waals surface area contributed by atoms with Crippen LogP contribution >= 0.6 is 0 Å². The molecule has 146 valence electrons. The van der Waals surface area contributed by atoms with E-state index in [4.69, 9.17) is 0 Å². The SMILES string of the molecule is COC(=O)c1cc(C(=O)N2CCCc3cc(C(C)C)ccc32)cc([N+](=O)[O-])c1. The molecule has 2 aromatic rings. The van der Waals surface area contributed by atoms with Crippen LogP contribution in [0.4, 0.5) is 11.4 Å². The van der Waals surface area contributed by atoms with Crippen LogP contribution in [0.1, 0.15) is 58.0 Å². The number of hydrogen-bond donors (Lipinski definition) is 0. The average Bonchev–Trinajstić information content (AvgIpc) is 2.71. The summed E-state index contributed by atoms with van der Waals surface area (Å²) in [6.07, 6.45) is 1.68. The lowest BCUT2D eigenvalue weighted by atomic mass is 9.94. The van der Waals surface area contributed by atoms with E-state index in [1.165, 1.54) is 24.8 Å². The molecule has 28 heavy (non-hydrogen) atoms. The molecule has 0 aliphatic carbocycles. The molecule has 0 unspecified atom stereocenters. The largest absolute Gasteiger partial charge is 0.465 e. The highest BCUT2D eigenvalue weighted by atomic mass is 16.6. The number of nitro benzene ring substituents is 1. The molecule has 3 rings (SSSR count). The first-order valence-corrected chi connectivity index (χ1v) is 9.14. The van der Waals surface area contributed by atoms with E-state index in [0.29, 0.717) is 12.5 Å². The van der Waals surface area contributed by atoms with E-state index < -0.39 is 10.9 Å². The third kappa shape index (κ3) is 3.74. The van der Waals surface area contributed by atoms with Gasteiger partial charge in [-0.3, -0.25) is 14.9 Å². The van der Waals surface area contributed by atoms with Crippen LogP contribution in [0.25, 0.3) is 0 Å². The Bertz CT molecular complexity index is 952. The molecule has 0 fully saturated rings. The molecule has 0 spiro atoms. The zero-order chi connectivity index (χ0) is 20.4. The molecule has 0 atom stereocenters. The zero-order valence-electron chi connectivity index (χ0n) is 16.1. The number of carbonyl (C=O) groups is 2. The molecular weight excluding hydrogens is 360 g/mol. The standard InChI is InChI=1S/C21H22N2O5/c1-13(2)14-6-7-19-15(9-14)5-4-8-22(19)20(24)16-10-17(21(25)28-3)12-18(11-16)23(26)27/h6-7,9-13H,4-5,8H2,1-3H3. The van der Waals surface area contributed by atoms with Gasteiger partial charge < -0.3 is 9.64 Å². The Hall–Kier alpha value is -3.22. The second-order valence-corrected chi connectivity index (χ2v) is 7.12. The molecule has 0 aromatic heterocycles. The first-order valence-electron chi connectivity index (χ1n) is 9.14. The lowest BCUT2D eigenvalue weighted by Crippen LogP contribution is -2.35. The van der Waals surface area contributed by atoms with Crippen LogP contribution in [0.2, 0.25) is 0 Å². The maximum Gasteiger partial charge on any atom is 0.338 e. The summed E-state index contributed by atoms with van der Waals surface area (Å²) in [5, 5.41) is 11.2. The topological polar surface area (TPSA) is 89.8 Å². The number of anilines is 1. The molecule has 1 aliphatic rings. The highest BCUT2D eigenvalue weighted by Gasteiger charge is 2.26. The first-order chi connectivity index (χ1) is 13.3. The van der Waals surface area contributed by atoms with Crippen LogP contribution in [0.3, 0.4) is 0 Å².